The quantitative estimate of drug-likeness (QED) is 0.434. The zero-order valence-electron chi connectivity index (χ0n) is 7.11. The molecule has 5 nitrogen and oxygen atoms in total. The molecule has 0 spiro atoms. The van der Waals surface area contributed by atoms with E-state index in [0.717, 1.165) is 6.92 Å². The Labute approximate surface area is 79.1 Å². The lowest BCUT2D eigenvalue weighted by molar-refractivity contribution is -0.156. The van der Waals surface area contributed by atoms with Crippen LogP contribution < -0.4 is 0 Å². The molecule has 14 heavy (non-hydrogen) atoms. The molecule has 0 heterocycles. The van der Waals surface area contributed by atoms with Crippen LogP contribution in [-0.4, -0.2) is 30.8 Å². The summed E-state index contributed by atoms with van der Waals surface area (Å²) in [7, 11) is -5.22. The Hall–Kier alpha value is -1.02. The summed E-state index contributed by atoms with van der Waals surface area (Å²) in [5.41, 5.74) is -3.54. The van der Waals surface area contributed by atoms with Gasteiger partial charge < -0.3 is 4.74 Å². The van der Waals surface area contributed by atoms with Gasteiger partial charge in [-0.2, -0.15) is 12.8 Å². The molecular weight excluding hydrogens is 222 g/mol. The van der Waals surface area contributed by atoms with Crippen LogP contribution in [0.2, 0.25) is 0 Å². The van der Waals surface area contributed by atoms with Crippen molar-refractivity contribution in [1.82, 2.24) is 0 Å². The summed E-state index contributed by atoms with van der Waals surface area (Å²) < 4.78 is 56.7. The number of ether oxygens (including phenoxy) is 1. The van der Waals surface area contributed by atoms with Crippen LogP contribution in [0.15, 0.2) is 12.2 Å². The largest absolute Gasteiger partial charge is 0.423 e. The monoisotopic (exact) mass is 230 g/mol. The fourth-order valence-electron chi connectivity index (χ4n) is 0.392. The number of hydrogen-bond acceptors (Lipinski definition) is 4. The number of carbonyl (C=O) groups excluding carboxylic acids is 1. The van der Waals surface area contributed by atoms with Crippen LogP contribution in [0.4, 0.5) is 8.78 Å². The summed E-state index contributed by atoms with van der Waals surface area (Å²) in [4.78, 5) is 10.6. The molecule has 0 saturated heterocycles. The lowest BCUT2D eigenvalue weighted by Gasteiger charge is -2.11. The van der Waals surface area contributed by atoms with Gasteiger partial charge in [-0.05, 0) is 6.92 Å². The molecule has 0 rings (SSSR count). The zero-order chi connectivity index (χ0) is 11.5. The number of alkyl halides is 2. The molecule has 0 fully saturated rings. The summed E-state index contributed by atoms with van der Waals surface area (Å²) in [6.07, 6.45) is -3.07. The van der Waals surface area contributed by atoms with Gasteiger partial charge in [-0.15, -0.1) is 0 Å². The van der Waals surface area contributed by atoms with Crippen LogP contribution in [0.25, 0.3) is 0 Å². The van der Waals surface area contributed by atoms with Crippen LogP contribution in [0.3, 0.4) is 0 Å². The van der Waals surface area contributed by atoms with Crippen molar-refractivity contribution in [3.63, 3.8) is 0 Å². The number of esters is 1. The summed E-state index contributed by atoms with van der Waals surface area (Å²) >= 11 is 0. The summed E-state index contributed by atoms with van der Waals surface area (Å²) in [6.45, 7) is 4.22. The predicted octanol–water partition coefficient (Wildman–Crippen LogP) is 0.585. The van der Waals surface area contributed by atoms with Crippen LogP contribution in [0.1, 0.15) is 6.92 Å². The van der Waals surface area contributed by atoms with Gasteiger partial charge in [-0.3, -0.25) is 4.55 Å². The van der Waals surface area contributed by atoms with Crippen LogP contribution in [0, 0.1) is 0 Å². The van der Waals surface area contributed by atoms with E-state index >= 15 is 0 Å². The highest BCUT2D eigenvalue weighted by Crippen LogP contribution is 2.12. The molecular formula is C6H8F2O5S. The SMILES string of the molecule is C=C(C)C(=O)OC(F)C(F)S(=O)(=O)O. The van der Waals surface area contributed by atoms with Crippen molar-refractivity contribution in [3.8, 4) is 0 Å². The van der Waals surface area contributed by atoms with Crippen molar-refractivity contribution in [2.24, 2.45) is 0 Å². The lowest BCUT2D eigenvalue weighted by Crippen LogP contribution is -2.30. The highest BCUT2D eigenvalue weighted by molar-refractivity contribution is 7.86. The van der Waals surface area contributed by atoms with Crippen molar-refractivity contribution >= 4 is 16.1 Å². The molecule has 0 aromatic carbocycles. The Morgan fingerprint density at radius 3 is 2.21 bits per heavy atom. The minimum atomic E-state index is -5.22. The molecule has 0 radical (unpaired) electrons. The molecule has 0 bridgehead atoms. The van der Waals surface area contributed by atoms with E-state index in [1.165, 1.54) is 0 Å². The van der Waals surface area contributed by atoms with Crippen molar-refractivity contribution in [2.45, 2.75) is 18.8 Å². The van der Waals surface area contributed by atoms with Gasteiger partial charge in [-0.1, -0.05) is 6.58 Å². The van der Waals surface area contributed by atoms with E-state index in [1.807, 2.05) is 0 Å². The van der Waals surface area contributed by atoms with Crippen molar-refractivity contribution in [3.05, 3.63) is 12.2 Å². The zero-order valence-corrected chi connectivity index (χ0v) is 7.92. The maximum absolute atomic E-state index is 12.5. The minimum absolute atomic E-state index is 0.227. The Balaban J connectivity index is 4.44. The van der Waals surface area contributed by atoms with E-state index in [2.05, 4.69) is 11.3 Å². The minimum Gasteiger partial charge on any atom is -0.423 e. The Morgan fingerprint density at radius 1 is 1.50 bits per heavy atom. The van der Waals surface area contributed by atoms with E-state index in [-0.39, 0.29) is 5.57 Å². The van der Waals surface area contributed by atoms with Crippen LogP contribution in [-0.2, 0) is 19.6 Å². The molecule has 82 valence electrons. The summed E-state index contributed by atoms with van der Waals surface area (Å²) in [5.74, 6) is -1.29. The third-order valence-electron chi connectivity index (χ3n) is 1.06. The molecule has 0 amide bonds. The maximum atomic E-state index is 12.5. The van der Waals surface area contributed by atoms with Crippen LogP contribution in [0.5, 0.6) is 0 Å². The first-order valence-electron chi connectivity index (χ1n) is 3.27. The summed E-state index contributed by atoms with van der Waals surface area (Å²) in [5, 5.41) is 0. The lowest BCUT2D eigenvalue weighted by atomic mass is 10.4. The van der Waals surface area contributed by atoms with Crippen molar-refractivity contribution < 1.29 is 31.3 Å². The van der Waals surface area contributed by atoms with E-state index in [4.69, 9.17) is 4.55 Å². The second-order valence-electron chi connectivity index (χ2n) is 2.40. The Morgan fingerprint density at radius 2 is 1.93 bits per heavy atom. The van der Waals surface area contributed by atoms with E-state index in [1.54, 1.807) is 0 Å². The molecule has 2 atom stereocenters. The molecule has 0 aliphatic carbocycles. The maximum Gasteiger partial charge on any atom is 0.335 e. The van der Waals surface area contributed by atoms with Crippen molar-refractivity contribution in [1.29, 1.82) is 0 Å². The molecule has 1 N–H and O–H groups in total. The first-order chi connectivity index (χ1) is 6.16. The topological polar surface area (TPSA) is 80.7 Å². The average Bonchev–Trinajstić information content (AvgIpc) is 2.00. The normalized spacial score (nSPS) is 15.7. The van der Waals surface area contributed by atoms with Gasteiger partial charge in [0.15, 0.2) is 0 Å². The van der Waals surface area contributed by atoms with Gasteiger partial charge in [0.25, 0.3) is 11.9 Å². The molecule has 2 unspecified atom stereocenters. The fraction of sp³-hybridized carbons (Fsp3) is 0.500. The van der Waals surface area contributed by atoms with Gasteiger partial charge >= 0.3 is 16.1 Å². The van der Waals surface area contributed by atoms with Gasteiger partial charge in [0.1, 0.15) is 0 Å². The predicted molar refractivity (Wildman–Crippen MR) is 42.2 cm³/mol. The van der Waals surface area contributed by atoms with Gasteiger partial charge in [0.2, 0.25) is 0 Å². The van der Waals surface area contributed by atoms with E-state index in [0.29, 0.717) is 0 Å². The molecule has 0 saturated carbocycles. The third-order valence-corrected chi connectivity index (χ3v) is 1.84. The fourth-order valence-corrected chi connectivity index (χ4v) is 0.718. The summed E-state index contributed by atoms with van der Waals surface area (Å²) in [6, 6.07) is 0. The molecule has 0 aromatic rings. The van der Waals surface area contributed by atoms with Crippen molar-refractivity contribution in [2.75, 3.05) is 0 Å². The van der Waals surface area contributed by atoms with Gasteiger partial charge in [0, 0.05) is 5.57 Å². The Kier molecular flexibility index (Phi) is 4.14. The molecule has 0 aliphatic rings. The van der Waals surface area contributed by atoms with Gasteiger partial charge in [0.05, 0.1) is 0 Å². The number of rotatable bonds is 4. The highest BCUT2D eigenvalue weighted by Gasteiger charge is 2.35. The average molecular weight is 230 g/mol. The molecule has 0 aromatic heterocycles. The Bertz CT molecular complexity index is 336. The first kappa shape index (κ1) is 13.0. The second-order valence-corrected chi connectivity index (χ2v) is 3.88. The van der Waals surface area contributed by atoms with Gasteiger partial charge in [-0.25, -0.2) is 9.18 Å². The number of halogens is 2. The standard InChI is InChI=1S/C6H8F2O5S/c1-3(2)6(9)13-4(7)5(8)14(10,11)12/h4-5H,1H2,2H3,(H,10,11,12). The highest BCUT2D eigenvalue weighted by atomic mass is 32.2. The number of carbonyl (C=O) groups is 1. The first-order valence-corrected chi connectivity index (χ1v) is 4.77. The van der Waals surface area contributed by atoms with Crippen LogP contribution >= 0.6 is 0 Å². The molecule has 8 heteroatoms. The third kappa shape index (κ3) is 3.79. The molecule has 0 aliphatic heterocycles. The second kappa shape index (κ2) is 4.47. The van der Waals surface area contributed by atoms with E-state index in [9.17, 15) is 22.0 Å². The van der Waals surface area contributed by atoms with E-state index < -0.39 is 27.9 Å². The smallest absolute Gasteiger partial charge is 0.335 e. The number of hydrogen-bond donors (Lipinski definition) is 1.